The van der Waals surface area contributed by atoms with Crippen molar-refractivity contribution < 1.29 is 29.7 Å². The van der Waals surface area contributed by atoms with E-state index in [1.807, 2.05) is 23.9 Å². The van der Waals surface area contributed by atoms with E-state index in [1.54, 1.807) is 6.08 Å². The third-order valence-corrected chi connectivity index (χ3v) is 11.0. The Morgan fingerprint density at radius 1 is 0.935 bits per heavy atom. The fourth-order valence-electron chi connectivity index (χ4n) is 6.75. The molecule has 1 saturated carbocycles. The Bertz CT molecular complexity index is 981. The molecule has 1 aliphatic carbocycles. The quantitative estimate of drug-likeness (QED) is 0.0492. The number of hydrogen-bond donors (Lipinski definition) is 7. The number of carbonyl (C=O) groups is 3. The van der Waals surface area contributed by atoms with Crippen molar-refractivity contribution in [2.75, 3.05) is 18.8 Å². The van der Waals surface area contributed by atoms with E-state index in [9.17, 15) is 29.7 Å². The maximum Gasteiger partial charge on any atom is 0.315 e. The van der Waals surface area contributed by atoms with Crippen LogP contribution in [0.4, 0.5) is 4.79 Å². The minimum absolute atomic E-state index is 0.0526. The van der Waals surface area contributed by atoms with Crippen LogP contribution < -0.4 is 21.3 Å². The largest absolute Gasteiger partial charge is 0.393 e. The summed E-state index contributed by atoms with van der Waals surface area (Å²) in [6.45, 7) is 3.44. The van der Waals surface area contributed by atoms with E-state index in [0.29, 0.717) is 44.0 Å². The van der Waals surface area contributed by atoms with E-state index in [4.69, 9.17) is 0 Å². The topological polar surface area (TPSA) is 160 Å². The molecule has 4 amide bonds. The minimum atomic E-state index is -0.595. The van der Waals surface area contributed by atoms with Gasteiger partial charge in [0, 0.05) is 49.3 Å². The second kappa shape index (κ2) is 21.7. The van der Waals surface area contributed by atoms with Crippen molar-refractivity contribution in [1.82, 2.24) is 21.3 Å². The van der Waals surface area contributed by atoms with Crippen molar-refractivity contribution in [3.63, 3.8) is 0 Å². The number of allylic oxidation sites excluding steroid dienone is 2. The van der Waals surface area contributed by atoms with Crippen LogP contribution in [-0.2, 0) is 9.59 Å². The smallest absolute Gasteiger partial charge is 0.315 e. The number of amides is 4. The summed E-state index contributed by atoms with van der Waals surface area (Å²) in [5, 5.41) is 43.4. The Kier molecular flexibility index (Phi) is 18.1. The second-order valence-electron chi connectivity index (χ2n) is 13.3. The summed E-state index contributed by atoms with van der Waals surface area (Å²) in [5.74, 6) is 0.875. The molecule has 0 radical (unpaired) electrons. The Labute approximate surface area is 280 Å². The number of aliphatic hydroxyl groups is 3. The zero-order valence-corrected chi connectivity index (χ0v) is 28.7. The number of unbranched alkanes of at least 4 members (excludes halogenated alkanes) is 6. The van der Waals surface area contributed by atoms with E-state index < -0.39 is 18.3 Å². The number of rotatable bonds is 23. The lowest BCUT2D eigenvalue weighted by Gasteiger charge is -2.19. The zero-order valence-electron chi connectivity index (χ0n) is 27.8. The first-order chi connectivity index (χ1) is 22.3. The van der Waals surface area contributed by atoms with Gasteiger partial charge in [-0.1, -0.05) is 56.9 Å². The number of urea groups is 1. The second-order valence-corrected chi connectivity index (χ2v) is 14.6. The molecule has 3 fully saturated rings. The molecule has 0 spiro atoms. The molecule has 2 heterocycles. The van der Waals surface area contributed by atoms with Gasteiger partial charge in [0.2, 0.25) is 11.8 Å². The van der Waals surface area contributed by atoms with Crippen LogP contribution in [0.3, 0.4) is 0 Å². The van der Waals surface area contributed by atoms with E-state index in [2.05, 4.69) is 34.3 Å². The SMILES string of the molecule is CCCCC[C@@H](O)/C=C/[C@@H]1[C@@H](C/C=C\CCCC(=O)NCCCCCNC(=O)CCCC[C@H]2SC[C@H]3NC(=O)N[C@@H]32)[C@@H](O)C[C@H]1O. The number of aliphatic hydroxyl groups excluding tert-OH is 3. The van der Waals surface area contributed by atoms with Gasteiger partial charge in [0.15, 0.2) is 0 Å². The highest BCUT2D eigenvalue weighted by atomic mass is 32.2. The number of nitrogens with one attached hydrogen (secondary N) is 4. The molecular formula is C35H60N4O6S. The maximum atomic E-state index is 12.2. The van der Waals surface area contributed by atoms with E-state index in [0.717, 1.165) is 82.8 Å². The molecular weight excluding hydrogens is 604 g/mol. The minimum Gasteiger partial charge on any atom is -0.393 e. The van der Waals surface area contributed by atoms with Gasteiger partial charge >= 0.3 is 6.03 Å². The van der Waals surface area contributed by atoms with Crippen molar-refractivity contribution in [2.24, 2.45) is 11.8 Å². The number of fused-ring (bicyclic) bond motifs is 1. The first-order valence-electron chi connectivity index (χ1n) is 17.9. The highest BCUT2D eigenvalue weighted by molar-refractivity contribution is 8.00. The van der Waals surface area contributed by atoms with Gasteiger partial charge in [-0.05, 0) is 63.7 Å². The van der Waals surface area contributed by atoms with Crippen molar-refractivity contribution in [2.45, 2.75) is 145 Å². The van der Waals surface area contributed by atoms with Gasteiger partial charge in [0.25, 0.3) is 0 Å². The van der Waals surface area contributed by atoms with Crippen LogP contribution in [-0.4, -0.2) is 87.7 Å². The summed E-state index contributed by atoms with van der Waals surface area (Å²) < 4.78 is 0. The normalized spacial score (nSPS) is 28.0. The van der Waals surface area contributed by atoms with Crippen LogP contribution in [0.15, 0.2) is 24.3 Å². The van der Waals surface area contributed by atoms with Crippen LogP contribution >= 0.6 is 11.8 Å². The maximum absolute atomic E-state index is 12.2. The summed E-state index contributed by atoms with van der Waals surface area (Å²) in [6, 6.07) is 0.414. The lowest BCUT2D eigenvalue weighted by Crippen LogP contribution is -2.36. The number of hydrogen-bond acceptors (Lipinski definition) is 7. The van der Waals surface area contributed by atoms with Gasteiger partial charge in [-0.25, -0.2) is 4.79 Å². The predicted octanol–water partition coefficient (Wildman–Crippen LogP) is 4.09. The van der Waals surface area contributed by atoms with E-state index >= 15 is 0 Å². The average molecular weight is 665 g/mol. The first-order valence-corrected chi connectivity index (χ1v) is 18.9. The monoisotopic (exact) mass is 664 g/mol. The summed E-state index contributed by atoms with van der Waals surface area (Å²) in [4.78, 5) is 35.8. The van der Waals surface area contributed by atoms with Crippen molar-refractivity contribution in [1.29, 1.82) is 0 Å². The third kappa shape index (κ3) is 14.0. The molecule has 46 heavy (non-hydrogen) atoms. The highest BCUT2D eigenvalue weighted by Gasteiger charge is 2.42. The average Bonchev–Trinajstić information content (AvgIpc) is 3.66. The van der Waals surface area contributed by atoms with Gasteiger partial charge in [-0.15, -0.1) is 0 Å². The van der Waals surface area contributed by atoms with Crippen molar-refractivity contribution >= 4 is 29.6 Å². The van der Waals surface area contributed by atoms with Crippen LogP contribution in [0.2, 0.25) is 0 Å². The molecule has 2 saturated heterocycles. The van der Waals surface area contributed by atoms with Gasteiger partial charge in [0.1, 0.15) is 0 Å². The molecule has 10 nitrogen and oxygen atoms in total. The number of carbonyl (C=O) groups excluding carboxylic acids is 3. The molecule has 8 atom stereocenters. The summed E-state index contributed by atoms with van der Waals surface area (Å²) in [6.07, 6.45) is 19.2. The standard InChI is InChI=1S/C35H60N4O6S/c1-2-3-7-14-25(40)19-20-27-26(29(41)23-30(27)42)15-8-4-5-9-17-32(43)36-21-12-6-13-22-37-33(44)18-11-10-16-31-34-28(24-46-31)38-35(45)39-34/h4,8,19-20,25-31,34,40-42H,2-3,5-7,9-18,21-24H2,1H3,(H,36,43)(H,37,44)(H2,38,39,45)/b8-4-,20-19+/t25-,26-,27-,28-,29+,30-,31-,34+/m1/s1. The van der Waals surface area contributed by atoms with Gasteiger partial charge in [-0.3, -0.25) is 9.59 Å². The van der Waals surface area contributed by atoms with E-state index in [-0.39, 0.29) is 41.8 Å². The van der Waals surface area contributed by atoms with Gasteiger partial charge < -0.3 is 36.6 Å². The Balaban J connectivity index is 1.13. The molecule has 2 aliphatic heterocycles. The molecule has 0 aromatic rings. The van der Waals surface area contributed by atoms with Gasteiger partial charge in [-0.2, -0.15) is 11.8 Å². The molecule has 7 N–H and O–H groups in total. The molecule has 0 unspecified atom stereocenters. The Hall–Kier alpha value is -2.08. The Morgan fingerprint density at radius 2 is 1.67 bits per heavy atom. The van der Waals surface area contributed by atoms with Crippen LogP contribution in [0.5, 0.6) is 0 Å². The summed E-state index contributed by atoms with van der Waals surface area (Å²) >= 11 is 1.91. The summed E-state index contributed by atoms with van der Waals surface area (Å²) in [7, 11) is 0. The van der Waals surface area contributed by atoms with Crippen LogP contribution in [0, 0.1) is 11.8 Å². The summed E-state index contributed by atoms with van der Waals surface area (Å²) in [5.41, 5.74) is 0. The predicted molar refractivity (Wildman–Crippen MR) is 184 cm³/mol. The van der Waals surface area contributed by atoms with Crippen LogP contribution in [0.1, 0.15) is 110 Å². The van der Waals surface area contributed by atoms with Crippen LogP contribution in [0.25, 0.3) is 0 Å². The lowest BCUT2D eigenvalue weighted by molar-refractivity contribution is -0.121. The fraction of sp³-hybridized carbons (Fsp3) is 0.800. The first kappa shape index (κ1) is 38.4. The fourth-order valence-corrected chi connectivity index (χ4v) is 8.29. The van der Waals surface area contributed by atoms with Crippen molar-refractivity contribution in [3.8, 4) is 0 Å². The molecule has 0 aromatic heterocycles. The highest BCUT2D eigenvalue weighted by Crippen LogP contribution is 2.36. The molecule has 11 heteroatoms. The van der Waals surface area contributed by atoms with E-state index in [1.165, 1.54) is 0 Å². The molecule has 0 aromatic carbocycles. The third-order valence-electron chi connectivity index (χ3n) is 9.50. The Morgan fingerprint density at radius 3 is 2.41 bits per heavy atom. The van der Waals surface area contributed by atoms with Crippen molar-refractivity contribution in [3.05, 3.63) is 24.3 Å². The van der Waals surface area contributed by atoms with Gasteiger partial charge in [0.05, 0.1) is 30.4 Å². The molecule has 262 valence electrons. The number of thioether (sulfide) groups is 1. The molecule has 3 aliphatic rings. The molecule has 3 rings (SSSR count). The zero-order chi connectivity index (χ0) is 33.1. The lowest BCUT2D eigenvalue weighted by atomic mass is 9.89. The molecule has 0 bridgehead atoms.